The van der Waals surface area contributed by atoms with Crippen LogP contribution in [0.2, 0.25) is 0 Å². The van der Waals surface area contributed by atoms with Crippen LogP contribution in [0.1, 0.15) is 45.5 Å². The fraction of sp³-hybridized carbons (Fsp3) is 0.727. The monoisotopic (exact) mass is 195 g/mol. The van der Waals surface area contributed by atoms with E-state index in [4.69, 9.17) is 5.73 Å². The van der Waals surface area contributed by atoms with Gasteiger partial charge >= 0.3 is 0 Å². The molecule has 0 aromatic carbocycles. The molecular weight excluding hydrogens is 174 g/mol. The van der Waals surface area contributed by atoms with Gasteiger partial charge in [0.25, 0.3) is 0 Å². The van der Waals surface area contributed by atoms with Crippen molar-refractivity contribution in [1.29, 1.82) is 0 Å². The van der Waals surface area contributed by atoms with Crippen molar-refractivity contribution in [3.05, 3.63) is 18.2 Å². The van der Waals surface area contributed by atoms with E-state index in [1.165, 1.54) is 6.42 Å². The zero-order chi connectivity index (χ0) is 10.6. The molecule has 3 heteroatoms. The number of nitrogens with zero attached hydrogens (tertiary/aromatic N) is 2. The molecular formula is C11H21N3. The van der Waals surface area contributed by atoms with Crippen LogP contribution in [-0.4, -0.2) is 9.55 Å². The van der Waals surface area contributed by atoms with Crippen molar-refractivity contribution in [2.45, 2.75) is 46.2 Å². The van der Waals surface area contributed by atoms with E-state index in [2.05, 4.69) is 30.3 Å². The molecule has 2 atom stereocenters. The van der Waals surface area contributed by atoms with Crippen molar-refractivity contribution in [3.63, 3.8) is 0 Å². The van der Waals surface area contributed by atoms with Gasteiger partial charge in [-0.15, -0.1) is 0 Å². The van der Waals surface area contributed by atoms with Crippen molar-refractivity contribution < 1.29 is 0 Å². The van der Waals surface area contributed by atoms with Gasteiger partial charge in [0.2, 0.25) is 0 Å². The lowest BCUT2D eigenvalue weighted by Gasteiger charge is -2.16. The lowest BCUT2D eigenvalue weighted by atomic mass is 9.99. The van der Waals surface area contributed by atoms with Gasteiger partial charge in [-0.1, -0.05) is 20.3 Å². The Kier molecular flexibility index (Phi) is 4.14. The molecule has 2 N–H and O–H groups in total. The molecule has 0 amide bonds. The van der Waals surface area contributed by atoms with Gasteiger partial charge in [0.1, 0.15) is 5.82 Å². The Bertz CT molecular complexity index is 267. The molecule has 0 aliphatic carbocycles. The number of rotatable bonds is 5. The number of aromatic nitrogens is 2. The molecule has 3 nitrogen and oxygen atoms in total. The van der Waals surface area contributed by atoms with Crippen molar-refractivity contribution in [1.82, 2.24) is 9.55 Å². The van der Waals surface area contributed by atoms with Crippen molar-refractivity contribution in [3.8, 4) is 0 Å². The predicted octanol–water partition coefficient (Wildman–Crippen LogP) is 2.34. The van der Waals surface area contributed by atoms with E-state index in [-0.39, 0.29) is 6.04 Å². The summed E-state index contributed by atoms with van der Waals surface area (Å²) in [6, 6.07) is 0.0832. The molecule has 1 heterocycles. The average molecular weight is 195 g/mol. The molecule has 80 valence electrons. The second-order valence-corrected chi connectivity index (χ2v) is 3.93. The number of imidazole rings is 1. The van der Waals surface area contributed by atoms with Crippen LogP contribution in [0.4, 0.5) is 0 Å². The number of hydrogen-bond acceptors (Lipinski definition) is 2. The van der Waals surface area contributed by atoms with Gasteiger partial charge in [0.15, 0.2) is 0 Å². The van der Waals surface area contributed by atoms with Crippen LogP contribution in [0.15, 0.2) is 12.4 Å². The van der Waals surface area contributed by atoms with Crippen molar-refractivity contribution in [2.75, 3.05) is 0 Å². The fourth-order valence-corrected chi connectivity index (χ4v) is 1.62. The summed E-state index contributed by atoms with van der Waals surface area (Å²) < 4.78 is 2.12. The Morgan fingerprint density at radius 1 is 1.50 bits per heavy atom. The third kappa shape index (κ3) is 2.58. The first-order valence-electron chi connectivity index (χ1n) is 5.45. The highest BCUT2D eigenvalue weighted by Crippen LogP contribution is 2.19. The van der Waals surface area contributed by atoms with Crippen LogP contribution in [0, 0.1) is 5.92 Å². The van der Waals surface area contributed by atoms with Gasteiger partial charge in [-0.2, -0.15) is 0 Å². The second-order valence-electron chi connectivity index (χ2n) is 3.93. The van der Waals surface area contributed by atoms with Crippen LogP contribution in [0.25, 0.3) is 0 Å². The standard InChI is InChI=1S/C11H21N3/c1-4-9(3)8-10(12)11-13-6-7-14(11)5-2/h6-7,9-10H,4-5,8,12H2,1-3H3. The minimum atomic E-state index is 0.0832. The molecule has 0 bridgehead atoms. The van der Waals surface area contributed by atoms with E-state index in [0.29, 0.717) is 5.92 Å². The summed E-state index contributed by atoms with van der Waals surface area (Å²) in [5.74, 6) is 1.69. The smallest absolute Gasteiger partial charge is 0.125 e. The van der Waals surface area contributed by atoms with Gasteiger partial charge in [-0.05, 0) is 19.3 Å². The first kappa shape index (κ1) is 11.2. The number of hydrogen-bond donors (Lipinski definition) is 1. The van der Waals surface area contributed by atoms with Gasteiger partial charge in [-0.25, -0.2) is 4.98 Å². The second kappa shape index (κ2) is 5.15. The van der Waals surface area contributed by atoms with E-state index >= 15 is 0 Å². The molecule has 14 heavy (non-hydrogen) atoms. The number of aryl methyl sites for hydroxylation is 1. The molecule has 0 saturated carbocycles. The van der Waals surface area contributed by atoms with E-state index in [1.807, 2.05) is 12.4 Å². The Hall–Kier alpha value is -0.830. The summed E-state index contributed by atoms with van der Waals surface area (Å²) in [5.41, 5.74) is 6.11. The van der Waals surface area contributed by atoms with Crippen LogP contribution < -0.4 is 5.73 Å². The maximum Gasteiger partial charge on any atom is 0.125 e. The highest BCUT2D eigenvalue weighted by atomic mass is 15.1. The summed E-state index contributed by atoms with van der Waals surface area (Å²) in [5, 5.41) is 0. The topological polar surface area (TPSA) is 43.8 Å². The molecule has 0 saturated heterocycles. The summed E-state index contributed by atoms with van der Waals surface area (Å²) in [6.45, 7) is 7.49. The molecule has 1 rings (SSSR count). The highest BCUT2D eigenvalue weighted by molar-refractivity contribution is 4.98. The van der Waals surface area contributed by atoms with Crippen LogP contribution in [0.5, 0.6) is 0 Å². The summed E-state index contributed by atoms with van der Waals surface area (Å²) in [4.78, 5) is 4.31. The zero-order valence-electron chi connectivity index (χ0n) is 9.40. The van der Waals surface area contributed by atoms with E-state index in [9.17, 15) is 0 Å². The third-order valence-electron chi connectivity index (χ3n) is 2.77. The lowest BCUT2D eigenvalue weighted by Crippen LogP contribution is -2.18. The Morgan fingerprint density at radius 3 is 2.79 bits per heavy atom. The first-order valence-corrected chi connectivity index (χ1v) is 5.45. The highest BCUT2D eigenvalue weighted by Gasteiger charge is 2.14. The van der Waals surface area contributed by atoms with Crippen LogP contribution >= 0.6 is 0 Å². The SMILES string of the molecule is CCC(C)CC(N)c1nccn1CC. The van der Waals surface area contributed by atoms with Gasteiger partial charge < -0.3 is 10.3 Å². The minimum Gasteiger partial charge on any atom is -0.334 e. The van der Waals surface area contributed by atoms with E-state index in [0.717, 1.165) is 18.8 Å². The Morgan fingerprint density at radius 2 is 2.21 bits per heavy atom. The normalized spacial score (nSPS) is 15.4. The molecule has 2 unspecified atom stereocenters. The molecule has 0 aliphatic heterocycles. The zero-order valence-corrected chi connectivity index (χ0v) is 9.40. The molecule has 0 fully saturated rings. The molecule has 0 aliphatic rings. The Balaban J connectivity index is 2.64. The Labute approximate surface area is 86.3 Å². The summed E-state index contributed by atoms with van der Waals surface area (Å²) in [6.07, 6.45) is 6.02. The van der Waals surface area contributed by atoms with Gasteiger partial charge in [0, 0.05) is 18.9 Å². The predicted molar refractivity (Wildman–Crippen MR) is 58.9 cm³/mol. The van der Waals surface area contributed by atoms with Gasteiger partial charge in [-0.3, -0.25) is 0 Å². The van der Waals surface area contributed by atoms with Gasteiger partial charge in [0.05, 0.1) is 6.04 Å². The largest absolute Gasteiger partial charge is 0.334 e. The van der Waals surface area contributed by atoms with E-state index < -0.39 is 0 Å². The third-order valence-corrected chi connectivity index (χ3v) is 2.77. The van der Waals surface area contributed by atoms with E-state index in [1.54, 1.807) is 0 Å². The lowest BCUT2D eigenvalue weighted by molar-refractivity contribution is 0.439. The first-order chi connectivity index (χ1) is 6.69. The number of nitrogens with two attached hydrogens (primary N) is 1. The quantitative estimate of drug-likeness (QED) is 0.783. The fourth-order valence-electron chi connectivity index (χ4n) is 1.62. The maximum absolute atomic E-state index is 6.11. The molecule has 0 radical (unpaired) electrons. The molecule has 1 aromatic rings. The summed E-state index contributed by atoms with van der Waals surface area (Å²) in [7, 11) is 0. The average Bonchev–Trinajstić information content (AvgIpc) is 2.65. The van der Waals surface area contributed by atoms with Crippen molar-refractivity contribution in [2.24, 2.45) is 11.7 Å². The molecule has 0 spiro atoms. The minimum absolute atomic E-state index is 0.0832. The van der Waals surface area contributed by atoms with Crippen LogP contribution in [0.3, 0.4) is 0 Å². The summed E-state index contributed by atoms with van der Waals surface area (Å²) >= 11 is 0. The van der Waals surface area contributed by atoms with Crippen molar-refractivity contribution >= 4 is 0 Å². The molecule has 1 aromatic heterocycles. The maximum atomic E-state index is 6.11. The van der Waals surface area contributed by atoms with Crippen LogP contribution in [-0.2, 0) is 6.54 Å².